The lowest BCUT2D eigenvalue weighted by molar-refractivity contribution is 0.580. The van der Waals surface area contributed by atoms with Crippen LogP contribution in [0, 0.1) is 0 Å². The number of aromatic nitrogens is 2. The van der Waals surface area contributed by atoms with E-state index in [9.17, 15) is 0 Å². The van der Waals surface area contributed by atoms with Gasteiger partial charge in [0.25, 0.3) is 0 Å². The molecule has 1 aliphatic carbocycles. The Hall–Kier alpha value is -0.990. The summed E-state index contributed by atoms with van der Waals surface area (Å²) in [5, 5.41) is 0. The summed E-state index contributed by atoms with van der Waals surface area (Å²) in [5.74, 6) is 2.69. The summed E-state index contributed by atoms with van der Waals surface area (Å²) in [6.07, 6.45) is 8.96. The van der Waals surface area contributed by atoms with E-state index in [2.05, 4.69) is 18.4 Å². The Kier molecular flexibility index (Phi) is 4.08. The molecule has 1 saturated carbocycles. The maximum absolute atomic E-state index is 6.27. The van der Waals surface area contributed by atoms with E-state index in [4.69, 9.17) is 10.7 Å². The van der Waals surface area contributed by atoms with Gasteiger partial charge in [-0.15, -0.1) is 0 Å². The van der Waals surface area contributed by atoms with Gasteiger partial charge in [0.2, 0.25) is 0 Å². The number of nitrogen functional groups attached to an aromatic ring is 1. The second-order valence-electron chi connectivity index (χ2n) is 5.08. The molecule has 2 rings (SSSR count). The van der Waals surface area contributed by atoms with E-state index in [-0.39, 0.29) is 0 Å². The van der Waals surface area contributed by atoms with Crippen molar-refractivity contribution >= 4 is 5.82 Å². The van der Waals surface area contributed by atoms with E-state index in [1.165, 1.54) is 44.2 Å². The largest absolute Gasteiger partial charge is 0.384 e. The van der Waals surface area contributed by atoms with Crippen molar-refractivity contribution in [1.82, 2.24) is 9.55 Å². The Balaban J connectivity index is 2.27. The number of anilines is 1. The third kappa shape index (κ3) is 2.48. The minimum atomic E-state index is 0.607. The zero-order valence-corrected chi connectivity index (χ0v) is 11.2. The first-order chi connectivity index (χ1) is 8.27. The molecule has 0 aromatic carbocycles. The molecule has 0 unspecified atom stereocenters. The van der Waals surface area contributed by atoms with Crippen LogP contribution >= 0.6 is 0 Å². The van der Waals surface area contributed by atoms with E-state index in [0.29, 0.717) is 5.92 Å². The summed E-state index contributed by atoms with van der Waals surface area (Å²) in [6.45, 7) is 5.24. The van der Waals surface area contributed by atoms with Gasteiger partial charge in [0.15, 0.2) is 0 Å². The number of nitrogens with two attached hydrogens (primary N) is 1. The molecule has 1 heterocycles. The molecule has 17 heavy (non-hydrogen) atoms. The van der Waals surface area contributed by atoms with Crippen LogP contribution in [-0.4, -0.2) is 9.55 Å². The van der Waals surface area contributed by atoms with Crippen LogP contribution in [0.2, 0.25) is 0 Å². The molecule has 0 bridgehead atoms. The van der Waals surface area contributed by atoms with Crippen LogP contribution < -0.4 is 5.73 Å². The van der Waals surface area contributed by atoms with Gasteiger partial charge in [0.05, 0.1) is 5.69 Å². The van der Waals surface area contributed by atoms with Gasteiger partial charge in [0, 0.05) is 18.9 Å². The number of imidazole rings is 1. The maximum Gasteiger partial charge on any atom is 0.127 e. The van der Waals surface area contributed by atoms with Crippen LogP contribution in [0.25, 0.3) is 0 Å². The Labute approximate surface area is 104 Å². The van der Waals surface area contributed by atoms with E-state index in [1.54, 1.807) is 0 Å². The predicted octanol–water partition coefficient (Wildman–Crippen LogP) is 3.49. The summed E-state index contributed by atoms with van der Waals surface area (Å²) in [7, 11) is 0. The molecule has 1 aromatic rings. The van der Waals surface area contributed by atoms with Gasteiger partial charge in [-0.25, -0.2) is 4.98 Å². The van der Waals surface area contributed by atoms with E-state index >= 15 is 0 Å². The average Bonchev–Trinajstić information content (AvgIpc) is 2.55. The Morgan fingerprint density at radius 1 is 1.18 bits per heavy atom. The Morgan fingerprint density at radius 3 is 2.29 bits per heavy atom. The molecule has 1 fully saturated rings. The van der Waals surface area contributed by atoms with Crippen LogP contribution in [0.15, 0.2) is 0 Å². The number of nitrogens with zero attached hydrogens (tertiary/aromatic N) is 2. The van der Waals surface area contributed by atoms with E-state index in [1.807, 2.05) is 0 Å². The maximum atomic E-state index is 6.27. The van der Waals surface area contributed by atoms with Gasteiger partial charge in [-0.3, -0.25) is 0 Å². The summed E-state index contributed by atoms with van der Waals surface area (Å²) in [4.78, 5) is 4.80. The van der Waals surface area contributed by atoms with Crippen LogP contribution in [0.3, 0.4) is 0 Å². The van der Waals surface area contributed by atoms with Gasteiger partial charge in [-0.1, -0.05) is 32.6 Å². The molecule has 96 valence electrons. The first kappa shape index (κ1) is 12.5. The van der Waals surface area contributed by atoms with Crippen LogP contribution in [0.1, 0.15) is 69.8 Å². The van der Waals surface area contributed by atoms with Gasteiger partial charge in [-0.2, -0.15) is 0 Å². The van der Waals surface area contributed by atoms with Crippen molar-refractivity contribution in [2.24, 2.45) is 0 Å². The first-order valence-electron chi connectivity index (χ1n) is 7.12. The highest BCUT2D eigenvalue weighted by atomic mass is 15.1. The lowest BCUT2D eigenvalue weighted by Crippen LogP contribution is -2.06. The van der Waals surface area contributed by atoms with Crippen molar-refractivity contribution in [2.75, 3.05) is 5.73 Å². The van der Waals surface area contributed by atoms with Crippen LogP contribution in [0.4, 0.5) is 5.82 Å². The number of rotatable bonds is 3. The van der Waals surface area contributed by atoms with Gasteiger partial charge >= 0.3 is 0 Å². The van der Waals surface area contributed by atoms with Crippen LogP contribution in [-0.2, 0) is 13.0 Å². The fourth-order valence-corrected chi connectivity index (χ4v) is 3.01. The first-order valence-corrected chi connectivity index (χ1v) is 7.12. The second kappa shape index (κ2) is 5.56. The zero-order chi connectivity index (χ0) is 12.3. The molecule has 3 nitrogen and oxygen atoms in total. The predicted molar refractivity (Wildman–Crippen MR) is 72.1 cm³/mol. The number of hydrogen-bond donors (Lipinski definition) is 1. The van der Waals surface area contributed by atoms with Crippen molar-refractivity contribution in [3.05, 3.63) is 11.5 Å². The molecular formula is C14H25N3. The van der Waals surface area contributed by atoms with Gasteiger partial charge in [-0.05, 0) is 19.8 Å². The SMILES string of the molecule is CCc1nc(C2CCCCCC2)c(N)n1CC. The Morgan fingerprint density at radius 2 is 1.82 bits per heavy atom. The fourth-order valence-electron chi connectivity index (χ4n) is 3.01. The molecule has 0 saturated heterocycles. The quantitative estimate of drug-likeness (QED) is 0.815. The molecule has 0 radical (unpaired) electrons. The highest BCUT2D eigenvalue weighted by Gasteiger charge is 2.22. The van der Waals surface area contributed by atoms with Crippen molar-refractivity contribution in [1.29, 1.82) is 0 Å². The molecule has 1 aliphatic rings. The lowest BCUT2D eigenvalue weighted by atomic mass is 9.96. The molecule has 2 N–H and O–H groups in total. The molecular weight excluding hydrogens is 210 g/mol. The number of hydrogen-bond acceptors (Lipinski definition) is 2. The highest BCUT2D eigenvalue weighted by Crippen LogP contribution is 2.34. The zero-order valence-electron chi connectivity index (χ0n) is 11.2. The van der Waals surface area contributed by atoms with Crippen molar-refractivity contribution in [3.63, 3.8) is 0 Å². The normalized spacial score (nSPS) is 18.2. The topological polar surface area (TPSA) is 43.8 Å². The second-order valence-corrected chi connectivity index (χ2v) is 5.08. The third-order valence-electron chi connectivity index (χ3n) is 3.99. The smallest absolute Gasteiger partial charge is 0.127 e. The van der Waals surface area contributed by atoms with Gasteiger partial charge in [0.1, 0.15) is 11.6 Å². The number of aryl methyl sites for hydroxylation is 1. The molecule has 3 heteroatoms. The van der Waals surface area contributed by atoms with Crippen molar-refractivity contribution < 1.29 is 0 Å². The molecule has 0 atom stereocenters. The lowest BCUT2D eigenvalue weighted by Gasteiger charge is -2.12. The van der Waals surface area contributed by atoms with Gasteiger partial charge < -0.3 is 10.3 Å². The van der Waals surface area contributed by atoms with E-state index in [0.717, 1.165) is 24.6 Å². The summed E-state index contributed by atoms with van der Waals surface area (Å²) >= 11 is 0. The van der Waals surface area contributed by atoms with Crippen LogP contribution in [0.5, 0.6) is 0 Å². The van der Waals surface area contributed by atoms with Crippen molar-refractivity contribution in [3.8, 4) is 0 Å². The summed E-state index contributed by atoms with van der Waals surface area (Å²) < 4.78 is 2.18. The fraction of sp³-hybridized carbons (Fsp3) is 0.786. The highest BCUT2D eigenvalue weighted by molar-refractivity contribution is 5.40. The molecule has 0 aliphatic heterocycles. The van der Waals surface area contributed by atoms with E-state index < -0.39 is 0 Å². The summed E-state index contributed by atoms with van der Waals surface area (Å²) in [6, 6.07) is 0. The molecule has 0 amide bonds. The minimum Gasteiger partial charge on any atom is -0.384 e. The van der Waals surface area contributed by atoms with Crippen molar-refractivity contribution in [2.45, 2.75) is 71.3 Å². The molecule has 0 spiro atoms. The monoisotopic (exact) mass is 235 g/mol. The summed E-state index contributed by atoms with van der Waals surface area (Å²) in [5.41, 5.74) is 7.46. The Bertz CT molecular complexity index is 360. The average molecular weight is 235 g/mol. The minimum absolute atomic E-state index is 0.607. The molecule has 1 aromatic heterocycles. The standard InChI is InChI=1S/C14H25N3/c1-3-12-16-13(14(15)17(12)4-2)11-9-7-5-6-8-10-11/h11H,3-10,15H2,1-2H3. The third-order valence-corrected chi connectivity index (χ3v) is 3.99.